The highest BCUT2D eigenvalue weighted by molar-refractivity contribution is 8.00. The molecule has 0 radical (unpaired) electrons. The third-order valence-corrected chi connectivity index (χ3v) is 6.22. The zero-order chi connectivity index (χ0) is 18.9. The number of fused-ring (bicyclic) bond motifs is 1. The zero-order valence-corrected chi connectivity index (χ0v) is 15.6. The van der Waals surface area contributed by atoms with E-state index in [1.54, 1.807) is 0 Å². The highest BCUT2D eigenvalue weighted by Crippen LogP contribution is 2.33. The quantitative estimate of drug-likeness (QED) is 0.156. The van der Waals surface area contributed by atoms with Gasteiger partial charge in [-0.3, -0.25) is 15.0 Å². The fourth-order valence-corrected chi connectivity index (χ4v) is 4.80. The van der Waals surface area contributed by atoms with Gasteiger partial charge >= 0.3 is 12.0 Å². The second kappa shape index (κ2) is 10.6. The Morgan fingerprint density at radius 1 is 1.27 bits per heavy atom. The van der Waals surface area contributed by atoms with E-state index >= 15 is 0 Å². The number of carboxylic acids is 1. The lowest BCUT2D eigenvalue weighted by Gasteiger charge is -2.17. The van der Waals surface area contributed by atoms with Crippen LogP contribution in [-0.4, -0.2) is 58.7 Å². The van der Waals surface area contributed by atoms with Crippen molar-refractivity contribution < 1.29 is 19.5 Å². The molecule has 2 aliphatic rings. The molecule has 148 valence electrons. The molecule has 2 rings (SSSR count). The number of aliphatic carboxylic acids is 1. The topological polar surface area (TPSA) is 146 Å². The van der Waals surface area contributed by atoms with Gasteiger partial charge in [0.25, 0.3) is 0 Å². The van der Waals surface area contributed by atoms with Crippen LogP contribution in [0.3, 0.4) is 0 Å². The summed E-state index contributed by atoms with van der Waals surface area (Å²) >= 11 is 1.86. The first-order valence-corrected chi connectivity index (χ1v) is 10.2. The number of amides is 3. The molecule has 0 unspecified atom stereocenters. The van der Waals surface area contributed by atoms with Crippen LogP contribution < -0.4 is 27.2 Å². The predicted octanol–water partition coefficient (Wildman–Crippen LogP) is -0.0848. The second-order valence-corrected chi connectivity index (χ2v) is 8.01. The van der Waals surface area contributed by atoms with Gasteiger partial charge in [-0.2, -0.15) is 11.8 Å². The summed E-state index contributed by atoms with van der Waals surface area (Å²) < 4.78 is 0. The predicted molar refractivity (Wildman–Crippen MR) is 99.6 cm³/mol. The number of hydrogen-bond acceptors (Lipinski definition) is 6. The normalized spacial score (nSPS) is 25.3. The first-order chi connectivity index (χ1) is 12.5. The minimum absolute atomic E-state index is 0.0878. The standard InChI is InChI=1S/C16H29N5O4S/c17-8-4-3-5-10(15(23)24)20-21-13(22)7-2-1-6-12-14-11(9-26-12)18-16(25)19-14/h10-12,14,20H,1-9,17H2,(H,21,22)(H,23,24)(H2,18,19,25)/t10-,11-,12-,14-/m0/s1. The van der Waals surface area contributed by atoms with Crippen molar-refractivity contribution in [2.75, 3.05) is 12.3 Å². The summed E-state index contributed by atoms with van der Waals surface area (Å²) in [7, 11) is 0. The first kappa shape index (κ1) is 20.8. The fourth-order valence-electron chi connectivity index (χ4n) is 3.25. The summed E-state index contributed by atoms with van der Waals surface area (Å²) in [6.45, 7) is 0.527. The van der Waals surface area contributed by atoms with Crippen molar-refractivity contribution in [2.45, 2.75) is 68.3 Å². The van der Waals surface area contributed by atoms with Gasteiger partial charge in [0.15, 0.2) is 0 Å². The number of hydrogen-bond donors (Lipinski definition) is 6. The third-order valence-electron chi connectivity index (χ3n) is 4.71. The molecule has 0 aromatic rings. The van der Waals surface area contributed by atoms with Gasteiger partial charge in [0, 0.05) is 17.4 Å². The van der Waals surface area contributed by atoms with E-state index in [4.69, 9.17) is 10.8 Å². The highest BCUT2D eigenvalue weighted by atomic mass is 32.2. The number of carbonyl (C=O) groups excluding carboxylic acids is 2. The molecule has 4 atom stereocenters. The first-order valence-electron chi connectivity index (χ1n) is 9.17. The maximum Gasteiger partial charge on any atom is 0.322 e. The molecule has 2 aliphatic heterocycles. The van der Waals surface area contributed by atoms with Gasteiger partial charge in [-0.05, 0) is 38.6 Å². The van der Waals surface area contributed by atoms with Gasteiger partial charge < -0.3 is 21.5 Å². The lowest BCUT2D eigenvalue weighted by molar-refractivity contribution is -0.140. The summed E-state index contributed by atoms with van der Waals surface area (Å²) in [6, 6.07) is -0.476. The molecule has 9 nitrogen and oxygen atoms in total. The van der Waals surface area contributed by atoms with Crippen molar-refractivity contribution in [1.29, 1.82) is 0 Å². The highest BCUT2D eigenvalue weighted by Gasteiger charge is 2.42. The minimum atomic E-state index is -0.984. The van der Waals surface area contributed by atoms with Gasteiger partial charge in [0.2, 0.25) is 5.91 Å². The van der Waals surface area contributed by atoms with Crippen LogP contribution in [0.15, 0.2) is 0 Å². The van der Waals surface area contributed by atoms with E-state index in [1.165, 1.54) is 0 Å². The van der Waals surface area contributed by atoms with Crippen LogP contribution >= 0.6 is 11.8 Å². The molecular weight excluding hydrogens is 358 g/mol. The monoisotopic (exact) mass is 387 g/mol. The molecule has 0 saturated carbocycles. The Hall–Kier alpha value is -1.52. The number of nitrogens with two attached hydrogens (primary N) is 1. The molecule has 0 aliphatic carbocycles. The van der Waals surface area contributed by atoms with Crippen molar-refractivity contribution in [3.63, 3.8) is 0 Å². The molecule has 0 aromatic heterocycles. The van der Waals surface area contributed by atoms with Gasteiger partial charge in [0.05, 0.1) is 12.1 Å². The van der Waals surface area contributed by atoms with Crippen molar-refractivity contribution in [2.24, 2.45) is 5.73 Å². The van der Waals surface area contributed by atoms with Crippen LogP contribution in [0.1, 0.15) is 44.9 Å². The van der Waals surface area contributed by atoms with Gasteiger partial charge in [-0.1, -0.05) is 6.42 Å². The Kier molecular flexibility index (Phi) is 8.46. The number of carbonyl (C=O) groups is 3. The van der Waals surface area contributed by atoms with Crippen molar-refractivity contribution in [1.82, 2.24) is 21.5 Å². The van der Waals surface area contributed by atoms with E-state index in [1.807, 2.05) is 11.8 Å². The van der Waals surface area contributed by atoms with Crippen LogP contribution in [-0.2, 0) is 9.59 Å². The smallest absolute Gasteiger partial charge is 0.322 e. The number of urea groups is 1. The number of rotatable bonds is 12. The van der Waals surface area contributed by atoms with Crippen molar-refractivity contribution >= 4 is 29.7 Å². The maximum absolute atomic E-state index is 11.9. The lowest BCUT2D eigenvalue weighted by Crippen LogP contribution is -2.48. The average Bonchev–Trinajstić information content (AvgIpc) is 3.14. The van der Waals surface area contributed by atoms with E-state index in [2.05, 4.69) is 21.5 Å². The summed E-state index contributed by atoms with van der Waals surface area (Å²) in [5, 5.41) is 15.4. The molecule has 10 heteroatoms. The summed E-state index contributed by atoms with van der Waals surface area (Å²) in [6.07, 6.45) is 4.80. The number of carboxylic acid groups (broad SMARTS) is 1. The molecule has 0 aromatic carbocycles. The van der Waals surface area contributed by atoms with Crippen LogP contribution in [0.5, 0.6) is 0 Å². The van der Waals surface area contributed by atoms with Gasteiger partial charge in [-0.15, -0.1) is 0 Å². The fraction of sp³-hybridized carbons (Fsp3) is 0.812. The lowest BCUT2D eigenvalue weighted by atomic mass is 10.0. The van der Waals surface area contributed by atoms with E-state index < -0.39 is 12.0 Å². The van der Waals surface area contributed by atoms with Crippen molar-refractivity contribution in [3.8, 4) is 0 Å². The van der Waals surface area contributed by atoms with Crippen LogP contribution in [0, 0.1) is 0 Å². The Morgan fingerprint density at radius 2 is 2.08 bits per heavy atom. The molecule has 2 fully saturated rings. The maximum atomic E-state index is 11.9. The second-order valence-electron chi connectivity index (χ2n) is 6.74. The molecule has 2 heterocycles. The number of unbranched alkanes of at least 4 members (excludes halogenated alkanes) is 2. The SMILES string of the molecule is NCCCC[C@H](NNC(=O)CCCC[C@@H]1SC[C@@H]2NC(=O)N[C@@H]21)C(=O)O. The Morgan fingerprint density at radius 3 is 2.81 bits per heavy atom. The molecule has 0 spiro atoms. The molecule has 0 bridgehead atoms. The number of nitrogens with one attached hydrogen (secondary N) is 4. The summed E-state index contributed by atoms with van der Waals surface area (Å²) in [4.78, 5) is 34.3. The molecule has 3 amide bonds. The molecule has 26 heavy (non-hydrogen) atoms. The summed E-state index contributed by atoms with van der Waals surface area (Å²) in [5.41, 5.74) is 10.5. The minimum Gasteiger partial charge on any atom is -0.480 e. The van der Waals surface area contributed by atoms with Gasteiger partial charge in [0.1, 0.15) is 6.04 Å². The van der Waals surface area contributed by atoms with Crippen LogP contribution in [0.4, 0.5) is 4.79 Å². The third kappa shape index (κ3) is 6.33. The van der Waals surface area contributed by atoms with E-state index in [0.717, 1.165) is 31.4 Å². The van der Waals surface area contributed by atoms with Gasteiger partial charge in [-0.25, -0.2) is 10.2 Å². The average molecular weight is 388 g/mol. The van der Waals surface area contributed by atoms with E-state index in [-0.39, 0.29) is 24.0 Å². The summed E-state index contributed by atoms with van der Waals surface area (Å²) in [5.74, 6) is -0.260. The van der Waals surface area contributed by atoms with E-state index in [0.29, 0.717) is 31.1 Å². The van der Waals surface area contributed by atoms with Crippen LogP contribution in [0.2, 0.25) is 0 Å². The number of hydrazine groups is 1. The molecular formula is C16H29N5O4S. The Bertz CT molecular complexity index is 507. The Balaban J connectivity index is 1.57. The van der Waals surface area contributed by atoms with E-state index in [9.17, 15) is 14.4 Å². The zero-order valence-electron chi connectivity index (χ0n) is 14.8. The number of thioether (sulfide) groups is 1. The Labute approximate surface area is 157 Å². The van der Waals surface area contributed by atoms with Crippen LogP contribution in [0.25, 0.3) is 0 Å². The largest absolute Gasteiger partial charge is 0.480 e. The molecule has 7 N–H and O–H groups in total. The molecule has 2 saturated heterocycles. The van der Waals surface area contributed by atoms with Crippen molar-refractivity contribution in [3.05, 3.63) is 0 Å².